The smallest absolute Gasteiger partial charge is 0.356 e. The van der Waals surface area contributed by atoms with E-state index < -0.39 is 11.9 Å². The third-order valence-electron chi connectivity index (χ3n) is 3.61. The van der Waals surface area contributed by atoms with E-state index in [0.29, 0.717) is 29.4 Å². The monoisotopic (exact) mass is 363 g/mol. The lowest BCUT2D eigenvalue weighted by molar-refractivity contribution is 0.0685. The number of aromatic nitrogens is 2. The minimum absolute atomic E-state index is 0.0134. The number of anilines is 1. The molecule has 25 heavy (non-hydrogen) atoms. The van der Waals surface area contributed by atoms with E-state index in [0.717, 1.165) is 6.42 Å². The first-order chi connectivity index (χ1) is 11.8. The number of amides is 1. The van der Waals surface area contributed by atoms with Crippen LogP contribution in [0, 0.1) is 5.92 Å². The lowest BCUT2D eigenvalue weighted by Crippen LogP contribution is -2.18. The molecule has 0 aliphatic heterocycles. The zero-order valence-corrected chi connectivity index (χ0v) is 15.3. The largest absolute Gasteiger partial charge is 0.476 e. The zero-order valence-electron chi connectivity index (χ0n) is 14.5. The summed E-state index contributed by atoms with van der Waals surface area (Å²) in [5.74, 6) is -0.530. The molecule has 1 aromatic carbocycles. The summed E-state index contributed by atoms with van der Waals surface area (Å²) in [6.45, 7) is 6.54. The highest BCUT2D eigenvalue weighted by atomic mass is 35.5. The molecule has 0 fully saturated rings. The summed E-state index contributed by atoms with van der Waals surface area (Å²) >= 11 is 5.83. The molecule has 0 aliphatic carbocycles. The van der Waals surface area contributed by atoms with E-state index in [1.54, 1.807) is 28.8 Å². The Morgan fingerprint density at radius 2 is 1.92 bits per heavy atom. The number of carbonyl (C=O) groups is 2. The number of halogens is 1. The van der Waals surface area contributed by atoms with E-state index in [9.17, 15) is 14.7 Å². The van der Waals surface area contributed by atoms with Gasteiger partial charge in [0, 0.05) is 23.6 Å². The van der Waals surface area contributed by atoms with Crippen molar-refractivity contribution in [1.29, 1.82) is 0 Å². The minimum atomic E-state index is -1.11. The molecule has 0 bridgehead atoms. The molecule has 0 unspecified atom stereocenters. The van der Waals surface area contributed by atoms with Crippen LogP contribution in [-0.4, -0.2) is 26.5 Å². The number of carbonyl (C=O) groups excluding carboxylic acids is 1. The molecular formula is C18H22ClN3O3. The van der Waals surface area contributed by atoms with Gasteiger partial charge in [0.2, 0.25) is 0 Å². The summed E-state index contributed by atoms with van der Waals surface area (Å²) in [4.78, 5) is 28.6. The molecular weight excluding hydrogens is 342 g/mol. The Labute approximate surface area is 151 Å². The highest BCUT2D eigenvalue weighted by Gasteiger charge is 2.24. The van der Waals surface area contributed by atoms with Crippen LogP contribution in [0.2, 0.25) is 5.02 Å². The molecule has 2 N–H and O–H groups in total. The maximum atomic E-state index is 12.4. The van der Waals surface area contributed by atoms with Gasteiger partial charge in [-0.1, -0.05) is 32.4 Å². The van der Waals surface area contributed by atoms with Gasteiger partial charge in [-0.25, -0.2) is 9.78 Å². The third-order valence-corrected chi connectivity index (χ3v) is 3.86. The van der Waals surface area contributed by atoms with Crippen molar-refractivity contribution in [3.63, 3.8) is 0 Å². The van der Waals surface area contributed by atoms with Crippen molar-refractivity contribution in [2.24, 2.45) is 5.92 Å². The molecule has 0 atom stereocenters. The zero-order chi connectivity index (χ0) is 18.6. The summed E-state index contributed by atoms with van der Waals surface area (Å²) in [5, 5.41) is 12.8. The second-order valence-corrected chi connectivity index (χ2v) is 6.68. The quantitative estimate of drug-likeness (QED) is 0.775. The number of rotatable bonds is 7. The highest BCUT2D eigenvalue weighted by molar-refractivity contribution is 6.30. The first-order valence-electron chi connectivity index (χ1n) is 8.23. The van der Waals surface area contributed by atoms with E-state index in [1.165, 1.54) is 0 Å². The van der Waals surface area contributed by atoms with Crippen LogP contribution in [0.1, 0.15) is 53.9 Å². The summed E-state index contributed by atoms with van der Waals surface area (Å²) in [5.41, 5.74) is 0.399. The number of aromatic carboxylic acids is 1. The average Bonchev–Trinajstić information content (AvgIpc) is 2.85. The Bertz CT molecular complexity index is 767. The van der Waals surface area contributed by atoms with Crippen LogP contribution >= 0.6 is 11.6 Å². The first-order valence-corrected chi connectivity index (χ1v) is 8.60. The van der Waals surface area contributed by atoms with Crippen molar-refractivity contribution < 1.29 is 14.7 Å². The molecule has 6 nitrogen and oxygen atoms in total. The summed E-state index contributed by atoms with van der Waals surface area (Å²) in [7, 11) is 0. The number of hydrogen-bond acceptors (Lipinski definition) is 3. The Kier molecular flexibility index (Phi) is 6.20. The van der Waals surface area contributed by atoms with Crippen LogP contribution in [0.5, 0.6) is 0 Å². The van der Waals surface area contributed by atoms with Crippen LogP contribution in [0.3, 0.4) is 0 Å². The van der Waals surface area contributed by atoms with Crippen LogP contribution in [0.15, 0.2) is 24.3 Å². The second-order valence-electron chi connectivity index (χ2n) is 6.25. The fourth-order valence-corrected chi connectivity index (χ4v) is 2.69. The number of imidazole rings is 1. The molecule has 2 aromatic rings. The van der Waals surface area contributed by atoms with E-state index in [-0.39, 0.29) is 17.4 Å². The summed E-state index contributed by atoms with van der Waals surface area (Å²) in [6.07, 6.45) is 1.47. The van der Waals surface area contributed by atoms with Gasteiger partial charge in [-0.2, -0.15) is 0 Å². The SMILES string of the molecule is CCCc1nc(NC(=O)c2ccc(Cl)cc2)c(C(=O)O)n1CC(C)C. The molecule has 7 heteroatoms. The molecule has 0 saturated carbocycles. The van der Waals surface area contributed by atoms with Crippen LogP contribution in [0.4, 0.5) is 5.82 Å². The lowest BCUT2D eigenvalue weighted by Gasteiger charge is -2.12. The number of nitrogens with one attached hydrogen (secondary N) is 1. The standard InChI is InChI=1S/C18H22ClN3O3/c1-4-5-14-20-16(15(18(24)25)22(14)10-11(2)3)21-17(23)12-6-8-13(19)9-7-12/h6-9,11H,4-5,10H2,1-3H3,(H,21,23)(H,24,25). The molecule has 0 spiro atoms. The minimum Gasteiger partial charge on any atom is -0.476 e. The number of nitrogens with zero attached hydrogens (tertiary/aromatic N) is 2. The van der Waals surface area contributed by atoms with Gasteiger partial charge in [0.25, 0.3) is 5.91 Å². The number of hydrogen-bond donors (Lipinski definition) is 2. The fourth-order valence-electron chi connectivity index (χ4n) is 2.56. The topological polar surface area (TPSA) is 84.2 Å². The van der Waals surface area contributed by atoms with Crippen molar-refractivity contribution in [3.8, 4) is 0 Å². The number of carboxylic acid groups (broad SMARTS) is 1. The molecule has 2 rings (SSSR count). The van der Waals surface area contributed by atoms with Crippen molar-refractivity contribution in [1.82, 2.24) is 9.55 Å². The molecule has 134 valence electrons. The van der Waals surface area contributed by atoms with Gasteiger partial charge in [0.05, 0.1) is 0 Å². The van der Waals surface area contributed by atoms with Crippen molar-refractivity contribution in [2.75, 3.05) is 5.32 Å². The maximum absolute atomic E-state index is 12.4. The van der Waals surface area contributed by atoms with Crippen LogP contribution in [0.25, 0.3) is 0 Å². The van der Waals surface area contributed by atoms with Crippen LogP contribution < -0.4 is 5.32 Å². The number of aryl methyl sites for hydroxylation is 1. The predicted molar refractivity (Wildman–Crippen MR) is 97.4 cm³/mol. The van der Waals surface area contributed by atoms with Crippen molar-refractivity contribution >= 4 is 29.3 Å². The average molecular weight is 364 g/mol. The normalized spacial score (nSPS) is 10.9. The molecule has 0 saturated heterocycles. The Morgan fingerprint density at radius 3 is 2.44 bits per heavy atom. The van der Waals surface area contributed by atoms with Gasteiger partial charge in [0.1, 0.15) is 5.82 Å². The summed E-state index contributed by atoms with van der Waals surface area (Å²) in [6, 6.07) is 6.37. The van der Waals surface area contributed by atoms with Gasteiger partial charge in [0.15, 0.2) is 11.5 Å². The lowest BCUT2D eigenvalue weighted by atomic mass is 10.2. The van der Waals surface area contributed by atoms with Gasteiger partial charge < -0.3 is 15.0 Å². The molecule has 1 amide bonds. The van der Waals surface area contributed by atoms with Gasteiger partial charge in [-0.3, -0.25) is 4.79 Å². The molecule has 1 heterocycles. The van der Waals surface area contributed by atoms with E-state index in [2.05, 4.69) is 10.3 Å². The maximum Gasteiger partial charge on any atom is 0.356 e. The molecule has 0 radical (unpaired) electrons. The Hall–Kier alpha value is -2.34. The molecule has 1 aromatic heterocycles. The Balaban J connectivity index is 2.40. The predicted octanol–water partition coefficient (Wildman–Crippen LogP) is 4.10. The number of benzene rings is 1. The molecule has 0 aliphatic rings. The van der Waals surface area contributed by atoms with E-state index >= 15 is 0 Å². The number of carboxylic acids is 1. The van der Waals surface area contributed by atoms with E-state index in [4.69, 9.17) is 11.6 Å². The van der Waals surface area contributed by atoms with Gasteiger partial charge in [-0.05, 0) is 36.6 Å². The van der Waals surface area contributed by atoms with E-state index in [1.807, 2.05) is 20.8 Å². The van der Waals surface area contributed by atoms with Crippen molar-refractivity contribution in [2.45, 2.75) is 40.2 Å². The van der Waals surface area contributed by atoms with Gasteiger partial charge >= 0.3 is 5.97 Å². The first kappa shape index (κ1) is 19.0. The highest BCUT2D eigenvalue weighted by Crippen LogP contribution is 2.21. The van der Waals surface area contributed by atoms with Gasteiger partial charge in [-0.15, -0.1) is 0 Å². The Morgan fingerprint density at radius 1 is 1.28 bits per heavy atom. The summed E-state index contributed by atoms with van der Waals surface area (Å²) < 4.78 is 1.69. The third kappa shape index (κ3) is 4.60. The van der Waals surface area contributed by atoms with Crippen molar-refractivity contribution in [3.05, 3.63) is 46.4 Å². The fraction of sp³-hybridized carbons (Fsp3) is 0.389. The second kappa shape index (κ2) is 8.16. The van der Waals surface area contributed by atoms with Crippen LogP contribution in [-0.2, 0) is 13.0 Å².